The Labute approximate surface area is 302 Å². The van der Waals surface area contributed by atoms with E-state index in [-0.39, 0.29) is 39.4 Å². The Bertz CT molecular complexity index is 1940. The maximum atomic E-state index is 12.5. The highest BCUT2D eigenvalue weighted by molar-refractivity contribution is 7.84. The summed E-state index contributed by atoms with van der Waals surface area (Å²) in [5.74, 6) is 0.192. The number of alkyl halides is 6. The number of ether oxygens (including phenoxy) is 2. The maximum Gasteiger partial charge on any atom is 0.422 e. The summed E-state index contributed by atoms with van der Waals surface area (Å²) in [5.41, 5.74) is 4.57. The van der Waals surface area contributed by atoms with Crippen molar-refractivity contribution in [3.05, 3.63) is 95.6 Å². The third-order valence-corrected chi connectivity index (χ3v) is 9.32. The monoisotopic (exact) mass is 792 g/mol. The summed E-state index contributed by atoms with van der Waals surface area (Å²) in [6.45, 7) is 0.404. The van der Waals surface area contributed by atoms with E-state index in [0.29, 0.717) is 43.9 Å². The third kappa shape index (κ3) is 12.0. The minimum Gasteiger partial charge on any atom is -0.484 e. The van der Waals surface area contributed by atoms with Crippen LogP contribution < -0.4 is 9.47 Å². The lowest BCUT2D eigenvalue weighted by molar-refractivity contribution is -0.154. The number of aromatic amines is 2. The van der Waals surface area contributed by atoms with Gasteiger partial charge in [0.1, 0.15) is 11.5 Å². The van der Waals surface area contributed by atoms with Crippen LogP contribution in [-0.4, -0.2) is 80.3 Å². The summed E-state index contributed by atoms with van der Waals surface area (Å²) in [6.07, 6.45) is -6.17. The summed E-state index contributed by atoms with van der Waals surface area (Å²) in [4.78, 5) is 22.7. The average molecular weight is 793 g/mol. The first-order valence-corrected chi connectivity index (χ1v) is 17.2. The van der Waals surface area contributed by atoms with Gasteiger partial charge in [0.15, 0.2) is 23.5 Å². The quantitative estimate of drug-likeness (QED) is 0.186. The first kappa shape index (κ1) is 44.2. The zero-order valence-electron chi connectivity index (χ0n) is 27.8. The van der Waals surface area contributed by atoms with Gasteiger partial charge in [-0.15, -0.1) is 0 Å². The molecular weight excluding hydrogens is 759 g/mol. The van der Waals surface area contributed by atoms with Crippen LogP contribution in [0.1, 0.15) is 22.5 Å². The second kappa shape index (κ2) is 18.7. The van der Waals surface area contributed by atoms with Crippen LogP contribution >= 0.6 is 0 Å². The van der Waals surface area contributed by atoms with Gasteiger partial charge in [0.05, 0.1) is 66.6 Å². The Morgan fingerprint density at radius 2 is 0.962 bits per heavy atom. The highest BCUT2D eigenvalue weighted by Crippen LogP contribution is 2.26. The first-order valence-electron chi connectivity index (χ1n) is 14.6. The van der Waals surface area contributed by atoms with Gasteiger partial charge in [0.2, 0.25) is 0 Å². The number of para-hydroxylation sites is 4. The molecule has 21 heteroatoms. The number of halogens is 6. The molecule has 6 aromatic rings. The Hall–Kier alpha value is -4.96. The fourth-order valence-electron chi connectivity index (χ4n) is 4.50. The molecule has 6 rings (SSSR count). The summed E-state index contributed by atoms with van der Waals surface area (Å²) in [6, 6.07) is 17.2. The van der Waals surface area contributed by atoms with E-state index in [2.05, 4.69) is 29.9 Å². The van der Waals surface area contributed by atoms with E-state index in [0.717, 1.165) is 11.0 Å². The second-order valence-corrected chi connectivity index (χ2v) is 13.4. The molecule has 0 amide bonds. The summed E-state index contributed by atoms with van der Waals surface area (Å²) < 4.78 is 108. The number of pyridine rings is 2. The van der Waals surface area contributed by atoms with Gasteiger partial charge in [-0.1, -0.05) is 24.3 Å². The van der Waals surface area contributed by atoms with Crippen LogP contribution in [0.4, 0.5) is 26.3 Å². The first-order chi connectivity index (χ1) is 23.7. The predicted molar refractivity (Wildman–Crippen MR) is 184 cm³/mol. The van der Waals surface area contributed by atoms with Crippen LogP contribution in [-0.2, 0) is 33.1 Å². The topological polar surface area (TPSA) is 230 Å². The van der Waals surface area contributed by atoms with Crippen molar-refractivity contribution in [1.82, 2.24) is 29.9 Å². The Morgan fingerprint density at radius 1 is 0.604 bits per heavy atom. The maximum absolute atomic E-state index is 12.5. The Kier molecular flexibility index (Phi) is 15.6. The summed E-state index contributed by atoms with van der Waals surface area (Å²) in [7, 11) is -3.03. The molecule has 0 saturated carbocycles. The second-order valence-electron chi connectivity index (χ2n) is 10.7. The van der Waals surface area contributed by atoms with Crippen LogP contribution in [0.25, 0.3) is 22.1 Å². The van der Waals surface area contributed by atoms with E-state index in [1.807, 2.05) is 36.4 Å². The lowest BCUT2D eigenvalue weighted by atomic mass is 10.2. The van der Waals surface area contributed by atoms with Crippen LogP contribution in [0.5, 0.6) is 11.5 Å². The lowest BCUT2D eigenvalue weighted by Crippen LogP contribution is -2.20. The molecule has 0 fully saturated rings. The zero-order chi connectivity index (χ0) is 36.1. The van der Waals surface area contributed by atoms with E-state index >= 15 is 0 Å². The van der Waals surface area contributed by atoms with Gasteiger partial charge < -0.3 is 35.9 Å². The normalized spacial score (nSPS) is 12.4. The molecule has 0 bridgehead atoms. The zero-order valence-corrected chi connectivity index (χ0v) is 29.4. The molecule has 0 spiro atoms. The van der Waals surface area contributed by atoms with Crippen molar-refractivity contribution in [2.24, 2.45) is 0 Å². The molecule has 0 aliphatic carbocycles. The number of hydrogen-bond donors (Lipinski definition) is 2. The van der Waals surface area contributed by atoms with Crippen LogP contribution in [0.3, 0.4) is 0 Å². The largest absolute Gasteiger partial charge is 0.484 e. The smallest absolute Gasteiger partial charge is 0.422 e. The molecule has 2 atom stereocenters. The van der Waals surface area contributed by atoms with Gasteiger partial charge in [-0.3, -0.25) is 18.4 Å². The van der Waals surface area contributed by atoms with Crippen molar-refractivity contribution in [2.45, 2.75) is 48.0 Å². The number of fused-ring (bicyclic) bond motifs is 2. The van der Waals surface area contributed by atoms with E-state index in [9.17, 15) is 34.8 Å². The van der Waals surface area contributed by atoms with Gasteiger partial charge in [-0.25, -0.2) is 9.97 Å². The van der Waals surface area contributed by atoms with Crippen molar-refractivity contribution in [3.63, 3.8) is 0 Å². The molecule has 0 saturated heterocycles. The number of rotatable bonds is 10. The molecule has 4 aromatic heterocycles. The molecule has 0 aliphatic rings. The van der Waals surface area contributed by atoms with Crippen molar-refractivity contribution in [3.8, 4) is 11.5 Å². The third-order valence-electron chi connectivity index (χ3n) is 7.00. The number of nitrogens with zero attached hydrogens (tertiary/aromatic N) is 4. The van der Waals surface area contributed by atoms with Crippen molar-refractivity contribution < 1.29 is 60.7 Å². The van der Waals surface area contributed by atoms with Crippen molar-refractivity contribution >= 4 is 43.7 Å². The molecule has 288 valence electrons. The molecule has 13 nitrogen and oxygen atoms in total. The van der Waals surface area contributed by atoms with Crippen LogP contribution in [0, 0.1) is 13.8 Å². The van der Waals surface area contributed by atoms with Crippen LogP contribution in [0.2, 0.25) is 0 Å². The van der Waals surface area contributed by atoms with Gasteiger partial charge in [0.25, 0.3) is 0 Å². The molecule has 0 aliphatic heterocycles. The molecule has 8 N–H and O–H groups in total. The molecule has 2 aromatic carbocycles. The van der Waals surface area contributed by atoms with Gasteiger partial charge >= 0.3 is 12.4 Å². The highest BCUT2D eigenvalue weighted by atomic mass is 32.2. The highest BCUT2D eigenvalue weighted by Gasteiger charge is 2.30. The number of hydrogen-bond acceptors (Lipinski definition) is 8. The van der Waals surface area contributed by atoms with Crippen molar-refractivity contribution in [2.75, 3.05) is 13.2 Å². The minimum atomic E-state index is -4.42. The fraction of sp³-hybridized carbons (Fsp3) is 0.250. The van der Waals surface area contributed by atoms with E-state index in [1.54, 1.807) is 26.0 Å². The predicted octanol–water partition coefficient (Wildman–Crippen LogP) is 4.56. The van der Waals surface area contributed by atoms with Gasteiger partial charge in [-0.2, -0.15) is 26.3 Å². The molecule has 4 heterocycles. The number of aromatic nitrogens is 6. The van der Waals surface area contributed by atoms with Crippen LogP contribution in [0.15, 0.2) is 83.4 Å². The SMILES string of the molecule is Cc1c(OCC(F)(F)F)ccnc1C[S@@](=O)c1nc2ccccc2[nH]1.Cc1c(OCC(F)(F)F)ccnc1C[S@@](=O)c1nc2ccccc2[nH]1.O.O.O. The Morgan fingerprint density at radius 3 is 1.30 bits per heavy atom. The average Bonchev–Trinajstić information content (AvgIpc) is 3.70. The Balaban J connectivity index is 0.000000347. The lowest BCUT2D eigenvalue weighted by Gasteiger charge is -2.13. The standard InChI is InChI=1S/2C16H14F3N3O2S.3H2O/c2*1-10-13(20-7-6-14(10)24-9-16(17,18)19)8-25(23)15-21-11-4-2-3-5-12(11)22-15;;;/h2*2-7H,8-9H2,1H3,(H,21,22);3*1H2/t2*25-;;;/m11.../s1. The molecular formula is C32H34F6N6O7S2. The fourth-order valence-corrected chi connectivity index (χ4v) is 6.70. The van der Waals surface area contributed by atoms with Gasteiger partial charge in [0, 0.05) is 23.5 Å². The number of imidazole rings is 2. The van der Waals surface area contributed by atoms with E-state index in [4.69, 9.17) is 9.47 Å². The summed E-state index contributed by atoms with van der Waals surface area (Å²) in [5, 5.41) is 0.591. The number of nitrogens with one attached hydrogen (secondary N) is 2. The van der Waals surface area contributed by atoms with Gasteiger partial charge in [-0.05, 0) is 50.2 Å². The van der Waals surface area contributed by atoms with E-state index < -0.39 is 47.2 Å². The molecule has 0 radical (unpaired) electrons. The minimum absolute atomic E-state index is 0. The summed E-state index contributed by atoms with van der Waals surface area (Å²) >= 11 is 0. The molecule has 53 heavy (non-hydrogen) atoms. The van der Waals surface area contributed by atoms with E-state index in [1.165, 1.54) is 24.5 Å². The van der Waals surface area contributed by atoms with Crippen molar-refractivity contribution in [1.29, 1.82) is 0 Å². The molecule has 0 unspecified atom stereocenters. The number of H-pyrrole nitrogens is 2. The number of benzene rings is 2.